The summed E-state index contributed by atoms with van der Waals surface area (Å²) in [5.74, 6) is -0.481. The van der Waals surface area contributed by atoms with E-state index in [0.717, 1.165) is 23.6 Å². The highest BCUT2D eigenvalue weighted by Gasteiger charge is 2.31. The first kappa shape index (κ1) is 24.4. The van der Waals surface area contributed by atoms with Crippen LogP contribution in [0, 0.1) is 0 Å². The van der Waals surface area contributed by atoms with Crippen LogP contribution in [0.2, 0.25) is 0 Å². The number of sulfonamides is 2. The van der Waals surface area contributed by atoms with Crippen LogP contribution in [0.25, 0.3) is 0 Å². The van der Waals surface area contributed by atoms with Crippen molar-refractivity contribution in [2.24, 2.45) is 0 Å². The predicted molar refractivity (Wildman–Crippen MR) is 122 cm³/mol. The fourth-order valence-electron chi connectivity index (χ4n) is 3.74. The van der Waals surface area contributed by atoms with Crippen LogP contribution in [0.15, 0.2) is 58.3 Å². The van der Waals surface area contributed by atoms with E-state index in [2.05, 4.69) is 5.32 Å². The number of piperidine rings is 1. The van der Waals surface area contributed by atoms with E-state index in [0.29, 0.717) is 12.1 Å². The summed E-state index contributed by atoms with van der Waals surface area (Å²) in [6.45, 7) is 2.35. The van der Waals surface area contributed by atoms with Gasteiger partial charge in [0.05, 0.1) is 9.79 Å². The minimum Gasteiger partial charge on any atom is -0.348 e. The van der Waals surface area contributed by atoms with Crippen molar-refractivity contribution in [2.45, 2.75) is 48.6 Å². The maximum atomic E-state index is 13.1. The second kappa shape index (κ2) is 9.70. The summed E-state index contributed by atoms with van der Waals surface area (Å²) in [6, 6.07) is 12.3. The second-order valence-corrected chi connectivity index (χ2v) is 12.1. The number of nitrogens with one attached hydrogen (secondary N) is 1. The number of rotatable bonds is 7. The Bertz CT molecular complexity index is 1190. The van der Waals surface area contributed by atoms with Crippen LogP contribution in [0.3, 0.4) is 0 Å². The summed E-state index contributed by atoms with van der Waals surface area (Å²) >= 11 is 0. The van der Waals surface area contributed by atoms with Crippen molar-refractivity contribution >= 4 is 26.0 Å². The Labute approximate surface area is 190 Å². The fraction of sp³-hybridized carbons (Fsp3) is 0.409. The molecule has 1 heterocycles. The molecule has 0 aliphatic carbocycles. The number of carbonyl (C=O) groups excluding carboxylic acids is 1. The van der Waals surface area contributed by atoms with Gasteiger partial charge in [-0.15, -0.1) is 0 Å². The molecule has 1 amide bonds. The van der Waals surface area contributed by atoms with E-state index in [-0.39, 0.29) is 27.9 Å². The highest BCUT2D eigenvalue weighted by molar-refractivity contribution is 7.89. The third-order valence-corrected chi connectivity index (χ3v) is 9.54. The van der Waals surface area contributed by atoms with Crippen molar-refractivity contribution in [3.63, 3.8) is 0 Å². The van der Waals surface area contributed by atoms with Crippen LogP contribution in [-0.2, 0) is 26.6 Å². The molecular formula is C22H29N3O5S2. The van der Waals surface area contributed by atoms with Gasteiger partial charge in [-0.3, -0.25) is 4.79 Å². The van der Waals surface area contributed by atoms with Crippen molar-refractivity contribution in [1.82, 2.24) is 13.9 Å². The lowest BCUT2D eigenvalue weighted by atomic mass is 10.1. The fourth-order valence-corrected chi connectivity index (χ4v) is 6.60. The highest BCUT2D eigenvalue weighted by Crippen LogP contribution is 2.25. The van der Waals surface area contributed by atoms with Crippen molar-refractivity contribution in [3.8, 4) is 0 Å². The van der Waals surface area contributed by atoms with Crippen molar-refractivity contribution < 1.29 is 21.6 Å². The van der Waals surface area contributed by atoms with E-state index < -0.39 is 26.0 Å². The second-order valence-electron chi connectivity index (χ2n) is 8.07. The highest BCUT2D eigenvalue weighted by atomic mass is 32.2. The number of benzene rings is 2. The predicted octanol–water partition coefficient (Wildman–Crippen LogP) is 2.43. The molecule has 1 aliphatic heterocycles. The van der Waals surface area contributed by atoms with Crippen LogP contribution in [-0.4, -0.2) is 58.0 Å². The van der Waals surface area contributed by atoms with Gasteiger partial charge in [-0.1, -0.05) is 30.7 Å². The Kier molecular flexibility index (Phi) is 7.39. The molecule has 1 saturated heterocycles. The van der Waals surface area contributed by atoms with Crippen LogP contribution >= 0.6 is 0 Å². The Morgan fingerprint density at radius 3 is 2.47 bits per heavy atom. The maximum Gasteiger partial charge on any atom is 0.251 e. The monoisotopic (exact) mass is 479 g/mol. The first-order valence-corrected chi connectivity index (χ1v) is 13.3. The van der Waals surface area contributed by atoms with E-state index in [1.54, 1.807) is 24.3 Å². The van der Waals surface area contributed by atoms with Gasteiger partial charge in [-0.25, -0.2) is 21.1 Å². The van der Waals surface area contributed by atoms with Crippen LogP contribution in [0.1, 0.15) is 42.1 Å². The zero-order valence-corrected chi connectivity index (χ0v) is 20.1. The third kappa shape index (κ3) is 5.03. The van der Waals surface area contributed by atoms with Gasteiger partial charge in [-0.05, 0) is 49.6 Å². The summed E-state index contributed by atoms with van der Waals surface area (Å²) in [5.41, 5.74) is 0.643. The molecule has 0 bridgehead atoms. The number of nitrogens with zero attached hydrogens (tertiary/aromatic N) is 2. The molecule has 0 radical (unpaired) electrons. The van der Waals surface area contributed by atoms with Crippen molar-refractivity contribution in [3.05, 3.63) is 59.7 Å². The standard InChI is InChI=1S/C22H29N3O5S2/c1-17-9-6-7-14-25(17)31(27,28)20-12-8-11-18(15-20)22(26)23-16-19-10-4-5-13-21(19)32(29,30)24(2)3/h4-5,8,10-13,15,17H,6-7,9,14,16H2,1-3H3,(H,23,26). The quantitative estimate of drug-likeness (QED) is 0.657. The summed E-state index contributed by atoms with van der Waals surface area (Å²) in [6.07, 6.45) is 2.63. The zero-order chi connectivity index (χ0) is 23.5. The topological polar surface area (TPSA) is 104 Å². The molecule has 1 aliphatic rings. The number of hydrogen-bond acceptors (Lipinski definition) is 5. The van der Waals surface area contributed by atoms with Gasteiger partial charge in [0.1, 0.15) is 0 Å². The molecule has 3 rings (SSSR count). The van der Waals surface area contributed by atoms with Gasteiger partial charge in [0, 0.05) is 38.8 Å². The molecular weight excluding hydrogens is 450 g/mol. The molecule has 1 fully saturated rings. The molecule has 10 heteroatoms. The Morgan fingerprint density at radius 1 is 1.06 bits per heavy atom. The Hall–Kier alpha value is -2.27. The molecule has 1 unspecified atom stereocenters. The smallest absolute Gasteiger partial charge is 0.251 e. The van der Waals surface area contributed by atoms with Crippen LogP contribution in [0.4, 0.5) is 0 Å². The molecule has 0 saturated carbocycles. The number of hydrogen-bond donors (Lipinski definition) is 1. The van der Waals surface area contributed by atoms with Crippen LogP contribution in [0.5, 0.6) is 0 Å². The summed E-state index contributed by atoms with van der Waals surface area (Å²) in [7, 11) is -4.48. The third-order valence-electron chi connectivity index (χ3n) is 5.62. The lowest BCUT2D eigenvalue weighted by Gasteiger charge is -2.32. The molecule has 174 valence electrons. The summed E-state index contributed by atoms with van der Waals surface area (Å²) < 4.78 is 53.9. The number of amides is 1. The average molecular weight is 480 g/mol. The normalized spacial score (nSPS) is 17.9. The largest absolute Gasteiger partial charge is 0.348 e. The molecule has 1 atom stereocenters. The van der Waals surface area contributed by atoms with E-state index >= 15 is 0 Å². The van der Waals surface area contributed by atoms with Gasteiger partial charge in [0.25, 0.3) is 5.91 Å². The lowest BCUT2D eigenvalue weighted by Crippen LogP contribution is -2.42. The van der Waals surface area contributed by atoms with Gasteiger partial charge < -0.3 is 5.32 Å². The summed E-state index contributed by atoms with van der Waals surface area (Å²) in [4.78, 5) is 12.9. The minimum absolute atomic E-state index is 0.0117. The van der Waals surface area contributed by atoms with Gasteiger partial charge in [0.15, 0.2) is 0 Å². The molecule has 0 spiro atoms. The number of carbonyl (C=O) groups is 1. The Balaban J connectivity index is 1.80. The first-order chi connectivity index (χ1) is 15.0. The van der Waals surface area contributed by atoms with E-state index in [9.17, 15) is 21.6 Å². The molecule has 0 aromatic heterocycles. The SMILES string of the molecule is CC1CCCCN1S(=O)(=O)c1cccc(C(=O)NCc2ccccc2S(=O)(=O)N(C)C)c1. The van der Waals surface area contributed by atoms with Crippen LogP contribution < -0.4 is 5.32 Å². The van der Waals surface area contributed by atoms with Gasteiger partial charge >= 0.3 is 0 Å². The maximum absolute atomic E-state index is 13.1. The minimum atomic E-state index is -3.70. The average Bonchev–Trinajstić information content (AvgIpc) is 2.77. The van der Waals surface area contributed by atoms with Crippen molar-refractivity contribution in [1.29, 1.82) is 0 Å². The molecule has 2 aromatic rings. The van der Waals surface area contributed by atoms with Crippen molar-refractivity contribution in [2.75, 3.05) is 20.6 Å². The first-order valence-electron chi connectivity index (χ1n) is 10.5. The zero-order valence-electron chi connectivity index (χ0n) is 18.5. The van der Waals surface area contributed by atoms with Gasteiger partial charge in [-0.2, -0.15) is 4.31 Å². The van der Waals surface area contributed by atoms with E-state index in [1.807, 2.05) is 6.92 Å². The lowest BCUT2D eigenvalue weighted by molar-refractivity contribution is 0.0950. The van der Waals surface area contributed by atoms with E-state index in [4.69, 9.17) is 0 Å². The molecule has 2 aromatic carbocycles. The Morgan fingerprint density at radius 2 is 1.78 bits per heavy atom. The molecule has 32 heavy (non-hydrogen) atoms. The van der Waals surface area contributed by atoms with E-state index in [1.165, 1.54) is 42.7 Å². The molecule has 8 nitrogen and oxygen atoms in total. The van der Waals surface area contributed by atoms with Gasteiger partial charge in [0.2, 0.25) is 20.0 Å². The summed E-state index contributed by atoms with van der Waals surface area (Å²) in [5, 5.41) is 2.70. The molecule has 1 N–H and O–H groups in total.